The van der Waals surface area contributed by atoms with E-state index in [1.54, 1.807) is 28.4 Å². The van der Waals surface area contributed by atoms with E-state index in [9.17, 15) is 14.9 Å². The fourth-order valence-corrected chi connectivity index (χ4v) is 5.96. The minimum atomic E-state index is -0.415. The van der Waals surface area contributed by atoms with Crippen LogP contribution in [0.5, 0.6) is 0 Å². The second kappa shape index (κ2) is 11.3. The summed E-state index contributed by atoms with van der Waals surface area (Å²) in [7, 11) is 0. The van der Waals surface area contributed by atoms with Crippen LogP contribution in [0.1, 0.15) is 16.4 Å². The molecule has 2 aromatic carbocycles. The van der Waals surface area contributed by atoms with Crippen LogP contribution in [-0.2, 0) is 5.75 Å². The van der Waals surface area contributed by atoms with Crippen molar-refractivity contribution >= 4 is 40.4 Å². The lowest BCUT2D eigenvalue weighted by Gasteiger charge is -2.35. The number of aromatic nitrogens is 4. The first-order valence-corrected chi connectivity index (χ1v) is 14.3. The predicted octanol–water partition coefficient (Wildman–Crippen LogP) is 5.15. The highest BCUT2D eigenvalue weighted by molar-refractivity contribution is 7.98. The van der Waals surface area contributed by atoms with Crippen LogP contribution in [0.4, 0.5) is 11.4 Å². The van der Waals surface area contributed by atoms with Gasteiger partial charge < -0.3 is 14.2 Å². The van der Waals surface area contributed by atoms with Gasteiger partial charge in [-0.05, 0) is 35.7 Å². The Balaban J connectivity index is 1.10. The first-order valence-electron chi connectivity index (χ1n) is 12.5. The quantitative estimate of drug-likeness (QED) is 0.141. The van der Waals surface area contributed by atoms with E-state index in [-0.39, 0.29) is 17.3 Å². The summed E-state index contributed by atoms with van der Waals surface area (Å²) in [4.78, 5) is 32.9. The average Bonchev–Trinajstić information content (AvgIpc) is 3.77. The number of anilines is 1. The maximum atomic E-state index is 13.1. The van der Waals surface area contributed by atoms with E-state index in [0.29, 0.717) is 43.0 Å². The van der Waals surface area contributed by atoms with Crippen LogP contribution in [0.15, 0.2) is 87.9 Å². The maximum absolute atomic E-state index is 13.1. The number of hydrogen-bond donors (Lipinski definition) is 0. The number of benzene rings is 2. The molecule has 40 heavy (non-hydrogen) atoms. The molecule has 1 fully saturated rings. The third-order valence-corrected chi connectivity index (χ3v) is 8.26. The lowest BCUT2D eigenvalue weighted by molar-refractivity contribution is -0.384. The van der Waals surface area contributed by atoms with Crippen molar-refractivity contribution in [2.45, 2.75) is 10.9 Å². The minimum Gasteiger partial charge on any atom is -0.447 e. The monoisotopic (exact) mass is 573 g/mol. The highest BCUT2D eigenvalue weighted by Crippen LogP contribution is 2.31. The molecule has 202 valence electrons. The number of nitrogens with zero attached hydrogens (tertiary/aromatic N) is 7. The highest BCUT2D eigenvalue weighted by Gasteiger charge is 2.25. The summed E-state index contributed by atoms with van der Waals surface area (Å²) >= 11 is 3.04. The number of piperazine rings is 1. The number of nitro groups is 1. The Bertz CT molecular complexity index is 1610. The molecule has 0 bridgehead atoms. The third-order valence-electron chi connectivity index (χ3n) is 6.48. The van der Waals surface area contributed by atoms with Gasteiger partial charge in [-0.2, -0.15) is 0 Å². The van der Waals surface area contributed by atoms with E-state index < -0.39 is 4.92 Å². The largest absolute Gasteiger partial charge is 0.447 e. The molecule has 0 saturated carbocycles. The van der Waals surface area contributed by atoms with Gasteiger partial charge in [-0.3, -0.25) is 19.5 Å². The number of nitro benzene ring substituents is 1. The zero-order valence-electron chi connectivity index (χ0n) is 21.1. The van der Waals surface area contributed by atoms with Crippen LogP contribution in [-0.4, -0.2) is 61.7 Å². The summed E-state index contributed by atoms with van der Waals surface area (Å²) < 4.78 is 7.65. The van der Waals surface area contributed by atoms with Crippen molar-refractivity contribution in [1.82, 2.24) is 24.6 Å². The second-order valence-electron chi connectivity index (χ2n) is 8.92. The van der Waals surface area contributed by atoms with Gasteiger partial charge in [-0.25, -0.2) is 4.98 Å². The molecule has 1 aliphatic rings. The SMILES string of the molecule is O=C(c1coc(CSc2nnc(-c3cccs3)n2-c2ccccc2)n1)N1CCN(c2ccc([N+](=O)[O-])cc2)CC1. The second-order valence-corrected chi connectivity index (χ2v) is 10.8. The van der Waals surface area contributed by atoms with E-state index in [0.717, 1.165) is 22.1 Å². The molecule has 13 heteroatoms. The number of hydrogen-bond acceptors (Lipinski definition) is 10. The van der Waals surface area contributed by atoms with Crippen LogP contribution in [0.2, 0.25) is 0 Å². The number of para-hydroxylation sites is 1. The number of carbonyl (C=O) groups excluding carboxylic acids is 1. The molecule has 0 N–H and O–H groups in total. The zero-order chi connectivity index (χ0) is 27.5. The standard InChI is InChI=1S/C27H23N7O4S2/c35-26(32-14-12-31(13-15-32)19-8-10-21(11-9-19)34(36)37)22-17-38-24(28-22)18-40-27-30-29-25(23-7-4-16-39-23)33(27)20-5-2-1-3-6-20/h1-11,16-17H,12-15,18H2. The summed E-state index contributed by atoms with van der Waals surface area (Å²) in [5, 5.41) is 22.5. The van der Waals surface area contributed by atoms with E-state index >= 15 is 0 Å². The molecule has 1 amide bonds. The molecule has 0 atom stereocenters. The number of amides is 1. The van der Waals surface area contributed by atoms with Crippen molar-refractivity contribution in [2.75, 3.05) is 31.1 Å². The van der Waals surface area contributed by atoms with Crippen molar-refractivity contribution in [1.29, 1.82) is 0 Å². The van der Waals surface area contributed by atoms with Crippen molar-refractivity contribution < 1.29 is 14.1 Å². The van der Waals surface area contributed by atoms with Gasteiger partial charge >= 0.3 is 0 Å². The summed E-state index contributed by atoms with van der Waals surface area (Å²) in [6.07, 6.45) is 1.40. The van der Waals surface area contributed by atoms with Crippen molar-refractivity contribution in [2.24, 2.45) is 0 Å². The Morgan fingerprint density at radius 2 is 1.75 bits per heavy atom. The molecular weight excluding hydrogens is 550 g/mol. The number of thiophene rings is 1. The highest BCUT2D eigenvalue weighted by atomic mass is 32.2. The average molecular weight is 574 g/mol. The summed E-state index contributed by atoms with van der Waals surface area (Å²) in [6, 6.07) is 20.4. The van der Waals surface area contributed by atoms with Gasteiger partial charge in [0.15, 0.2) is 16.7 Å². The van der Waals surface area contributed by atoms with Gasteiger partial charge in [0.05, 0.1) is 15.6 Å². The molecule has 1 saturated heterocycles. The normalized spacial score (nSPS) is 13.5. The number of non-ortho nitro benzene ring substituents is 1. The molecule has 5 aromatic rings. The van der Waals surface area contributed by atoms with Gasteiger partial charge in [0, 0.05) is 49.7 Å². The molecule has 1 aliphatic heterocycles. The van der Waals surface area contributed by atoms with Crippen LogP contribution < -0.4 is 4.90 Å². The zero-order valence-corrected chi connectivity index (χ0v) is 22.8. The van der Waals surface area contributed by atoms with Gasteiger partial charge in [-0.1, -0.05) is 36.0 Å². The Labute approximate surface area is 237 Å². The Morgan fingerprint density at radius 3 is 2.45 bits per heavy atom. The topological polar surface area (TPSA) is 123 Å². The van der Waals surface area contributed by atoms with Crippen LogP contribution in [0, 0.1) is 10.1 Å². The summed E-state index contributed by atoms with van der Waals surface area (Å²) in [6.45, 7) is 2.26. The van der Waals surface area contributed by atoms with E-state index in [1.807, 2.05) is 52.4 Å². The lowest BCUT2D eigenvalue weighted by atomic mass is 10.2. The Kier molecular flexibility index (Phi) is 7.29. The van der Waals surface area contributed by atoms with E-state index in [4.69, 9.17) is 4.42 Å². The molecule has 4 heterocycles. The van der Waals surface area contributed by atoms with Gasteiger partial charge in [0.2, 0.25) is 5.89 Å². The van der Waals surface area contributed by atoms with Gasteiger partial charge in [0.1, 0.15) is 6.26 Å². The first kappa shape index (κ1) is 25.8. The fraction of sp³-hybridized carbons (Fsp3) is 0.185. The number of thioether (sulfide) groups is 1. The lowest BCUT2D eigenvalue weighted by Crippen LogP contribution is -2.48. The number of rotatable bonds is 8. The maximum Gasteiger partial charge on any atom is 0.275 e. The Hall–Kier alpha value is -4.49. The fourth-order valence-electron chi connectivity index (χ4n) is 4.46. The molecule has 11 nitrogen and oxygen atoms in total. The van der Waals surface area contributed by atoms with Crippen LogP contribution >= 0.6 is 23.1 Å². The molecule has 6 rings (SSSR count). The smallest absolute Gasteiger partial charge is 0.275 e. The summed E-state index contributed by atoms with van der Waals surface area (Å²) in [5.41, 5.74) is 2.17. The molecule has 0 unspecified atom stereocenters. The predicted molar refractivity (Wildman–Crippen MR) is 152 cm³/mol. The van der Waals surface area contributed by atoms with Crippen LogP contribution in [0.25, 0.3) is 16.4 Å². The van der Waals surface area contributed by atoms with Crippen molar-refractivity contribution in [3.8, 4) is 16.4 Å². The van der Waals surface area contributed by atoms with Gasteiger partial charge in [-0.15, -0.1) is 21.5 Å². The van der Waals surface area contributed by atoms with Crippen LogP contribution in [0.3, 0.4) is 0 Å². The van der Waals surface area contributed by atoms with Crippen molar-refractivity contribution in [3.05, 3.63) is 100 Å². The third kappa shape index (κ3) is 5.33. The first-order chi connectivity index (χ1) is 19.6. The molecular formula is C27H23N7O4S2. The minimum absolute atomic E-state index is 0.0563. The number of oxazole rings is 1. The number of carbonyl (C=O) groups is 1. The molecule has 0 spiro atoms. The Morgan fingerprint density at radius 1 is 0.975 bits per heavy atom. The molecule has 0 radical (unpaired) electrons. The van der Waals surface area contributed by atoms with E-state index in [2.05, 4.69) is 20.1 Å². The molecule has 3 aromatic heterocycles. The van der Waals surface area contributed by atoms with Crippen molar-refractivity contribution in [3.63, 3.8) is 0 Å². The molecule has 0 aliphatic carbocycles. The summed E-state index contributed by atoms with van der Waals surface area (Å²) in [5.74, 6) is 1.39. The van der Waals surface area contributed by atoms with Gasteiger partial charge in [0.25, 0.3) is 11.6 Å². The van der Waals surface area contributed by atoms with E-state index in [1.165, 1.54) is 30.2 Å².